The van der Waals surface area contributed by atoms with Gasteiger partial charge >= 0.3 is 5.97 Å². The molecule has 25 heavy (non-hydrogen) atoms. The van der Waals surface area contributed by atoms with Crippen LogP contribution in [0.3, 0.4) is 0 Å². The number of hydrogen-bond donors (Lipinski definition) is 2. The number of benzene rings is 1. The van der Waals surface area contributed by atoms with Crippen LogP contribution < -0.4 is 5.32 Å². The number of amides is 1. The van der Waals surface area contributed by atoms with E-state index < -0.39 is 16.9 Å². The van der Waals surface area contributed by atoms with Gasteiger partial charge in [-0.05, 0) is 24.6 Å². The van der Waals surface area contributed by atoms with Crippen LogP contribution in [0.5, 0.6) is 0 Å². The van der Waals surface area contributed by atoms with Crippen molar-refractivity contribution in [2.45, 2.75) is 44.6 Å². The van der Waals surface area contributed by atoms with E-state index in [1.165, 1.54) is 11.8 Å². The minimum Gasteiger partial charge on any atom is -0.479 e. The first kappa shape index (κ1) is 20.1. The second-order valence-corrected chi connectivity index (χ2v) is 8.17. The third-order valence-electron chi connectivity index (χ3n) is 4.90. The van der Waals surface area contributed by atoms with Crippen LogP contribution in [0.15, 0.2) is 24.3 Å². The Balaban J connectivity index is 1.91. The van der Waals surface area contributed by atoms with Crippen molar-refractivity contribution in [2.24, 2.45) is 5.41 Å². The molecule has 1 aliphatic carbocycles. The molecule has 1 aliphatic rings. The summed E-state index contributed by atoms with van der Waals surface area (Å²) >= 11 is 7.28. The predicted molar refractivity (Wildman–Crippen MR) is 99.9 cm³/mol. The molecule has 1 aromatic carbocycles. The number of halogens is 1. The van der Waals surface area contributed by atoms with Gasteiger partial charge in [-0.3, -0.25) is 4.79 Å². The Bertz CT molecular complexity index is 634. The van der Waals surface area contributed by atoms with Gasteiger partial charge in [0.15, 0.2) is 0 Å². The van der Waals surface area contributed by atoms with Crippen molar-refractivity contribution >= 4 is 35.2 Å². The summed E-state index contributed by atoms with van der Waals surface area (Å²) in [7, 11) is 0. The molecule has 0 saturated heterocycles. The van der Waals surface area contributed by atoms with Crippen molar-refractivity contribution in [1.29, 1.82) is 0 Å². The minimum atomic E-state index is -1.27. The largest absolute Gasteiger partial charge is 0.479 e. The lowest BCUT2D eigenvalue weighted by molar-refractivity contribution is -0.194. The normalized spacial score (nSPS) is 24.4. The van der Waals surface area contributed by atoms with Crippen molar-refractivity contribution < 1.29 is 19.4 Å². The van der Waals surface area contributed by atoms with Crippen LogP contribution in [-0.4, -0.2) is 41.0 Å². The maximum Gasteiger partial charge on any atom is 0.330 e. The molecule has 0 spiro atoms. The summed E-state index contributed by atoms with van der Waals surface area (Å²) in [5.74, 6) is -0.420. The lowest BCUT2D eigenvalue weighted by atomic mass is 9.54. The fourth-order valence-electron chi connectivity index (χ4n) is 3.15. The fourth-order valence-corrected chi connectivity index (χ4v) is 4.07. The first-order chi connectivity index (χ1) is 11.7. The number of carboxylic acid groups (broad SMARTS) is 1. The summed E-state index contributed by atoms with van der Waals surface area (Å²) < 4.78 is 5.60. The average Bonchev–Trinajstić information content (AvgIpc) is 2.55. The summed E-state index contributed by atoms with van der Waals surface area (Å²) in [4.78, 5) is 24.1. The van der Waals surface area contributed by atoms with E-state index in [0.29, 0.717) is 17.4 Å². The molecule has 1 saturated carbocycles. The van der Waals surface area contributed by atoms with Crippen LogP contribution in [-0.2, 0) is 20.1 Å². The summed E-state index contributed by atoms with van der Waals surface area (Å²) in [6.07, 6.45) is 0.118. The number of rotatable bonds is 8. The van der Waals surface area contributed by atoms with Crippen molar-refractivity contribution in [3.8, 4) is 0 Å². The number of carbonyl (C=O) groups excluding carboxylic acids is 1. The molecule has 0 radical (unpaired) electrons. The lowest BCUT2D eigenvalue weighted by Crippen LogP contribution is -2.76. The number of nitrogens with one attached hydrogen (secondary N) is 1. The predicted octanol–water partition coefficient (Wildman–Crippen LogP) is 3.35. The van der Waals surface area contributed by atoms with Gasteiger partial charge in [0, 0.05) is 29.2 Å². The Morgan fingerprint density at radius 2 is 2.00 bits per heavy atom. The number of hydrogen-bond acceptors (Lipinski definition) is 4. The average molecular weight is 386 g/mol. The molecule has 138 valence electrons. The third-order valence-corrected chi connectivity index (χ3v) is 6.15. The van der Waals surface area contributed by atoms with Crippen molar-refractivity contribution in [3.63, 3.8) is 0 Å². The van der Waals surface area contributed by atoms with E-state index in [2.05, 4.69) is 5.32 Å². The molecule has 0 aromatic heterocycles. The Morgan fingerprint density at radius 1 is 1.36 bits per heavy atom. The molecule has 2 N–H and O–H groups in total. The first-order valence-electron chi connectivity index (χ1n) is 8.21. The highest BCUT2D eigenvalue weighted by Gasteiger charge is 2.66. The monoisotopic (exact) mass is 385 g/mol. The Labute approximate surface area is 157 Å². The zero-order valence-corrected chi connectivity index (χ0v) is 16.2. The molecule has 2 atom stereocenters. The van der Waals surface area contributed by atoms with Crippen LogP contribution in [0.4, 0.5) is 0 Å². The van der Waals surface area contributed by atoms with Crippen molar-refractivity contribution in [2.75, 3.05) is 12.4 Å². The molecule has 2 unspecified atom stereocenters. The molecule has 0 bridgehead atoms. The molecular weight excluding hydrogens is 362 g/mol. The van der Waals surface area contributed by atoms with Crippen LogP contribution in [0.1, 0.15) is 32.8 Å². The number of aliphatic carboxylic acids is 1. The van der Waals surface area contributed by atoms with E-state index in [1.807, 2.05) is 45.0 Å². The van der Waals surface area contributed by atoms with Gasteiger partial charge in [0.05, 0.1) is 11.9 Å². The number of ether oxygens (including phenoxy) is 1. The summed E-state index contributed by atoms with van der Waals surface area (Å²) in [6.45, 7) is 6.05. The van der Waals surface area contributed by atoms with Crippen LogP contribution in [0.2, 0.25) is 5.02 Å². The van der Waals surface area contributed by atoms with Crippen LogP contribution >= 0.6 is 23.4 Å². The Morgan fingerprint density at radius 3 is 2.52 bits per heavy atom. The molecule has 1 amide bonds. The smallest absolute Gasteiger partial charge is 0.330 e. The van der Waals surface area contributed by atoms with Crippen LogP contribution in [0, 0.1) is 5.41 Å². The second kappa shape index (κ2) is 7.98. The van der Waals surface area contributed by atoms with Crippen molar-refractivity contribution in [3.05, 3.63) is 34.9 Å². The van der Waals surface area contributed by atoms with Crippen LogP contribution in [0.25, 0.3) is 0 Å². The fraction of sp³-hybridized carbons (Fsp3) is 0.556. The van der Waals surface area contributed by atoms with E-state index >= 15 is 0 Å². The van der Waals surface area contributed by atoms with E-state index in [1.54, 1.807) is 0 Å². The lowest BCUT2D eigenvalue weighted by Gasteiger charge is -2.58. The van der Waals surface area contributed by atoms with Crippen molar-refractivity contribution in [1.82, 2.24) is 5.32 Å². The second-order valence-electron chi connectivity index (χ2n) is 6.75. The molecule has 0 heterocycles. The number of carboxylic acids is 1. The zero-order chi connectivity index (χ0) is 18.7. The third kappa shape index (κ3) is 4.13. The molecule has 0 aliphatic heterocycles. The van der Waals surface area contributed by atoms with Gasteiger partial charge < -0.3 is 15.2 Å². The molecule has 5 nitrogen and oxygen atoms in total. The van der Waals surface area contributed by atoms with Gasteiger partial charge in [-0.15, -0.1) is 11.8 Å². The maximum atomic E-state index is 12.3. The summed E-state index contributed by atoms with van der Waals surface area (Å²) in [5, 5.41) is 13.1. The number of thioether (sulfide) groups is 1. The maximum absolute atomic E-state index is 12.3. The highest BCUT2D eigenvalue weighted by molar-refractivity contribution is 7.99. The van der Waals surface area contributed by atoms with E-state index in [0.717, 1.165) is 5.56 Å². The van der Waals surface area contributed by atoms with E-state index in [-0.39, 0.29) is 24.2 Å². The van der Waals surface area contributed by atoms with E-state index in [9.17, 15) is 14.7 Å². The zero-order valence-electron chi connectivity index (χ0n) is 14.7. The van der Waals surface area contributed by atoms with Gasteiger partial charge in [-0.2, -0.15) is 0 Å². The van der Waals surface area contributed by atoms with Gasteiger partial charge in [-0.25, -0.2) is 4.79 Å². The molecular formula is C18H24ClNO4S. The van der Waals surface area contributed by atoms with E-state index in [4.69, 9.17) is 16.3 Å². The standard InChI is InChI=1S/C18H24ClNO4S/c1-4-24-14-9-18(16(22)23,17(14,2)3)20-15(21)11-25-10-12-5-7-13(19)8-6-12/h5-8,14H,4,9-11H2,1-3H3,(H,20,21)(H,22,23). The summed E-state index contributed by atoms with van der Waals surface area (Å²) in [5.41, 5.74) is -0.869. The first-order valence-corrected chi connectivity index (χ1v) is 9.74. The van der Waals surface area contributed by atoms with Gasteiger partial charge in [0.25, 0.3) is 0 Å². The van der Waals surface area contributed by atoms with Gasteiger partial charge in [-0.1, -0.05) is 37.6 Å². The molecule has 1 fully saturated rings. The molecule has 2 rings (SSSR count). The molecule has 7 heteroatoms. The highest BCUT2D eigenvalue weighted by atomic mass is 35.5. The highest BCUT2D eigenvalue weighted by Crippen LogP contribution is 2.51. The topological polar surface area (TPSA) is 75.6 Å². The van der Waals surface area contributed by atoms with Gasteiger partial charge in [0.2, 0.25) is 5.91 Å². The number of carbonyl (C=O) groups is 2. The summed E-state index contributed by atoms with van der Waals surface area (Å²) in [6, 6.07) is 7.44. The minimum absolute atomic E-state index is 0.171. The quantitative estimate of drug-likeness (QED) is 0.717. The Hall–Kier alpha value is -1.24. The Kier molecular flexibility index (Phi) is 6.40. The molecule has 1 aromatic rings. The van der Waals surface area contributed by atoms with Gasteiger partial charge in [0.1, 0.15) is 5.54 Å². The SMILES string of the molecule is CCOC1CC(NC(=O)CSCc2ccc(Cl)cc2)(C(=O)O)C1(C)C.